The molecule has 2 aromatic rings. The van der Waals surface area contributed by atoms with Crippen LogP contribution in [0, 0.1) is 11.7 Å². The van der Waals surface area contributed by atoms with Gasteiger partial charge in [0.2, 0.25) is 11.8 Å². The highest BCUT2D eigenvalue weighted by Gasteiger charge is 2.51. The van der Waals surface area contributed by atoms with Crippen molar-refractivity contribution in [1.82, 2.24) is 25.6 Å². The number of pyridine rings is 1. The first-order chi connectivity index (χ1) is 15.6. The van der Waals surface area contributed by atoms with Gasteiger partial charge in [-0.2, -0.15) is 0 Å². The number of rotatable bonds is 5. The number of benzene rings is 1. The van der Waals surface area contributed by atoms with Crippen LogP contribution in [0.2, 0.25) is 0 Å². The van der Waals surface area contributed by atoms with Gasteiger partial charge in [-0.3, -0.25) is 20.0 Å². The molecule has 1 aliphatic carbocycles. The number of aromatic nitrogens is 1. The molecular weight excluding hydrogens is 409 g/mol. The Labute approximate surface area is 187 Å². The zero-order chi connectivity index (χ0) is 22.1. The van der Waals surface area contributed by atoms with Gasteiger partial charge < -0.3 is 10.2 Å². The van der Waals surface area contributed by atoms with Crippen LogP contribution in [0.25, 0.3) is 0 Å². The number of hydrogen-bond acceptors (Lipinski definition) is 5. The van der Waals surface area contributed by atoms with E-state index in [2.05, 4.69) is 20.7 Å². The summed E-state index contributed by atoms with van der Waals surface area (Å²) in [7, 11) is 0. The molecule has 32 heavy (non-hydrogen) atoms. The van der Waals surface area contributed by atoms with Crippen LogP contribution < -0.4 is 10.7 Å². The van der Waals surface area contributed by atoms with Crippen molar-refractivity contribution in [2.45, 2.75) is 56.9 Å². The molecule has 168 valence electrons. The summed E-state index contributed by atoms with van der Waals surface area (Å²) in [5, 5.41) is 5.18. The quantitative estimate of drug-likeness (QED) is 0.748. The number of carbonyl (C=O) groups is 2. The monoisotopic (exact) mass is 437 g/mol. The van der Waals surface area contributed by atoms with Crippen molar-refractivity contribution in [1.29, 1.82) is 0 Å². The van der Waals surface area contributed by atoms with Crippen LogP contribution in [0.4, 0.5) is 4.39 Å². The van der Waals surface area contributed by atoms with Crippen LogP contribution in [0.1, 0.15) is 36.8 Å². The molecule has 1 saturated carbocycles. The van der Waals surface area contributed by atoms with E-state index in [0.717, 1.165) is 36.9 Å². The van der Waals surface area contributed by atoms with E-state index in [9.17, 15) is 14.0 Å². The predicted octanol–water partition coefficient (Wildman–Crippen LogP) is 2.00. The predicted molar refractivity (Wildman–Crippen MR) is 116 cm³/mol. The van der Waals surface area contributed by atoms with Crippen molar-refractivity contribution < 1.29 is 14.0 Å². The first kappa shape index (κ1) is 21.0. The molecule has 0 radical (unpaired) electrons. The molecule has 3 fully saturated rings. The van der Waals surface area contributed by atoms with Gasteiger partial charge in [-0.15, -0.1) is 0 Å². The van der Waals surface area contributed by atoms with E-state index in [4.69, 9.17) is 0 Å². The lowest BCUT2D eigenvalue weighted by atomic mass is 9.78. The molecule has 2 N–H and O–H groups in total. The molecule has 2 aliphatic heterocycles. The van der Waals surface area contributed by atoms with E-state index in [1.54, 1.807) is 24.5 Å². The minimum Gasteiger partial charge on any atom is -0.352 e. The Morgan fingerprint density at radius 3 is 2.75 bits per heavy atom. The summed E-state index contributed by atoms with van der Waals surface area (Å²) >= 11 is 0. The number of nitrogens with zero attached hydrogens (tertiary/aromatic N) is 3. The molecule has 5 rings (SSSR count). The van der Waals surface area contributed by atoms with Crippen molar-refractivity contribution in [3.8, 4) is 0 Å². The molecule has 2 amide bonds. The van der Waals surface area contributed by atoms with E-state index < -0.39 is 0 Å². The largest absolute Gasteiger partial charge is 0.352 e. The summed E-state index contributed by atoms with van der Waals surface area (Å²) in [6.45, 7) is 1.68. The van der Waals surface area contributed by atoms with Gasteiger partial charge in [0.15, 0.2) is 0 Å². The smallest absolute Gasteiger partial charge is 0.242 e. The van der Waals surface area contributed by atoms with Crippen LogP contribution in [0.15, 0.2) is 48.8 Å². The summed E-state index contributed by atoms with van der Waals surface area (Å²) in [6.07, 6.45) is 6.52. The van der Waals surface area contributed by atoms with Crippen molar-refractivity contribution in [2.75, 3.05) is 6.54 Å². The number of hydrazine groups is 1. The molecule has 3 aliphatic rings. The lowest BCUT2D eigenvalue weighted by Crippen LogP contribution is -2.68. The lowest BCUT2D eigenvalue weighted by Gasteiger charge is -2.51. The number of carbonyl (C=O) groups excluding carboxylic acids is 2. The number of halogens is 1. The van der Waals surface area contributed by atoms with Crippen LogP contribution in [-0.4, -0.2) is 51.4 Å². The molecule has 0 spiro atoms. The summed E-state index contributed by atoms with van der Waals surface area (Å²) in [5.41, 5.74) is 5.27. The number of amides is 2. The molecule has 4 atom stereocenters. The Balaban J connectivity index is 1.32. The number of fused-ring (bicyclic) bond motifs is 3. The maximum Gasteiger partial charge on any atom is 0.242 e. The molecule has 7 nitrogen and oxygen atoms in total. The SMILES string of the molecule is O=C(NCc1cccnc1)C1CCC2C(C1)N(Cc1ccc(F)cc1)C(=O)C1CCNN12. The third-order valence-electron chi connectivity index (χ3n) is 6.98. The van der Waals surface area contributed by atoms with Crippen molar-refractivity contribution in [3.63, 3.8) is 0 Å². The summed E-state index contributed by atoms with van der Waals surface area (Å²) in [5.74, 6) is -0.309. The number of piperazine rings is 1. The molecule has 0 bridgehead atoms. The fourth-order valence-corrected chi connectivity index (χ4v) is 5.37. The summed E-state index contributed by atoms with van der Waals surface area (Å²) in [6, 6.07) is 10.1. The highest BCUT2D eigenvalue weighted by molar-refractivity contribution is 5.84. The molecule has 8 heteroatoms. The molecule has 1 aromatic carbocycles. The molecule has 3 heterocycles. The minimum atomic E-state index is -0.286. The minimum absolute atomic E-state index is 0.0259. The van der Waals surface area contributed by atoms with Gasteiger partial charge in [0.25, 0.3) is 0 Å². The van der Waals surface area contributed by atoms with Crippen molar-refractivity contribution in [2.24, 2.45) is 5.92 Å². The van der Waals surface area contributed by atoms with Gasteiger partial charge in [0.05, 0.1) is 0 Å². The summed E-state index contributed by atoms with van der Waals surface area (Å²) < 4.78 is 13.4. The molecular formula is C24H28FN5O2. The van der Waals surface area contributed by atoms with E-state index in [1.165, 1.54) is 12.1 Å². The Morgan fingerprint density at radius 2 is 1.97 bits per heavy atom. The van der Waals surface area contributed by atoms with Gasteiger partial charge in [-0.25, -0.2) is 9.40 Å². The highest BCUT2D eigenvalue weighted by Crippen LogP contribution is 2.38. The Kier molecular flexibility index (Phi) is 5.89. The van der Waals surface area contributed by atoms with E-state index >= 15 is 0 Å². The Hall–Kier alpha value is -2.84. The Bertz CT molecular complexity index is 970. The second kappa shape index (κ2) is 8.96. The number of nitrogens with one attached hydrogen (secondary N) is 2. The van der Waals surface area contributed by atoms with Gasteiger partial charge >= 0.3 is 0 Å². The second-order valence-corrected chi connectivity index (χ2v) is 8.94. The van der Waals surface area contributed by atoms with Gasteiger partial charge in [0.1, 0.15) is 11.9 Å². The van der Waals surface area contributed by atoms with Crippen LogP contribution in [0.5, 0.6) is 0 Å². The van der Waals surface area contributed by atoms with Crippen molar-refractivity contribution in [3.05, 3.63) is 65.7 Å². The standard InChI is InChI=1S/C24H28FN5O2/c25-19-6-3-16(4-7-19)15-29-22-12-18(23(31)27-14-17-2-1-10-26-13-17)5-8-20(22)30-21(24(29)32)9-11-28-30/h1-4,6-7,10,13,18,20-22,28H,5,8-9,11-12,14-15H2,(H,27,31). The Morgan fingerprint density at radius 1 is 1.12 bits per heavy atom. The van der Waals surface area contributed by atoms with Gasteiger partial charge in [0, 0.05) is 50.0 Å². The average Bonchev–Trinajstić information content (AvgIpc) is 3.32. The fourth-order valence-electron chi connectivity index (χ4n) is 5.37. The topological polar surface area (TPSA) is 77.6 Å². The normalized spacial score (nSPS) is 27.7. The first-order valence-electron chi connectivity index (χ1n) is 11.3. The van der Waals surface area contributed by atoms with Gasteiger partial charge in [-0.05, 0) is 55.0 Å². The van der Waals surface area contributed by atoms with E-state index in [1.807, 2.05) is 17.0 Å². The third kappa shape index (κ3) is 4.12. The number of hydrogen-bond donors (Lipinski definition) is 2. The van der Waals surface area contributed by atoms with Gasteiger partial charge in [-0.1, -0.05) is 18.2 Å². The maximum absolute atomic E-state index is 13.4. The van der Waals surface area contributed by atoms with Crippen molar-refractivity contribution >= 4 is 11.8 Å². The summed E-state index contributed by atoms with van der Waals surface area (Å²) in [4.78, 5) is 32.4. The van der Waals surface area contributed by atoms with Crippen LogP contribution in [0.3, 0.4) is 0 Å². The first-order valence-corrected chi connectivity index (χ1v) is 11.3. The fraction of sp³-hybridized carbons (Fsp3) is 0.458. The second-order valence-electron chi connectivity index (χ2n) is 8.94. The average molecular weight is 438 g/mol. The molecule has 1 aromatic heterocycles. The van der Waals surface area contributed by atoms with Crippen LogP contribution >= 0.6 is 0 Å². The maximum atomic E-state index is 13.4. The zero-order valence-corrected chi connectivity index (χ0v) is 17.9. The molecule has 4 unspecified atom stereocenters. The lowest BCUT2D eigenvalue weighted by molar-refractivity contribution is -0.157. The van der Waals surface area contributed by atoms with E-state index in [-0.39, 0.29) is 41.7 Å². The van der Waals surface area contributed by atoms with Crippen LogP contribution in [-0.2, 0) is 22.7 Å². The molecule has 2 saturated heterocycles. The highest BCUT2D eigenvalue weighted by atomic mass is 19.1. The third-order valence-corrected chi connectivity index (χ3v) is 6.98. The zero-order valence-electron chi connectivity index (χ0n) is 17.9. The van der Waals surface area contributed by atoms with E-state index in [0.29, 0.717) is 19.5 Å².